The molecule has 0 spiro atoms. The standard InChI is InChI=1S/C13H10FN3O2/c1-17-7-8(6-15)12(16-13(17)18)10-5-9(14)3-4-11(10)19-2/h3-5,7H,1-2H3. The van der Waals surface area contributed by atoms with Gasteiger partial charge in [-0.1, -0.05) is 0 Å². The first-order valence-corrected chi connectivity index (χ1v) is 5.38. The Hall–Kier alpha value is -2.68. The summed E-state index contributed by atoms with van der Waals surface area (Å²) in [6, 6.07) is 5.77. The molecule has 0 radical (unpaired) electrons. The number of ether oxygens (including phenoxy) is 1. The Morgan fingerprint density at radius 3 is 2.84 bits per heavy atom. The third-order valence-corrected chi connectivity index (χ3v) is 2.62. The normalized spacial score (nSPS) is 10.0. The molecule has 0 aliphatic heterocycles. The number of nitrogens with zero attached hydrogens (tertiary/aromatic N) is 3. The van der Waals surface area contributed by atoms with Gasteiger partial charge in [0.05, 0.1) is 18.4 Å². The Bertz CT molecular complexity index is 732. The third kappa shape index (κ3) is 2.31. The van der Waals surface area contributed by atoms with Crippen molar-refractivity contribution < 1.29 is 9.13 Å². The molecule has 1 aromatic carbocycles. The predicted octanol–water partition coefficient (Wildman–Crippen LogP) is 1.47. The summed E-state index contributed by atoms with van der Waals surface area (Å²) in [6.07, 6.45) is 1.36. The number of hydrogen-bond donors (Lipinski definition) is 0. The molecule has 0 fully saturated rings. The lowest BCUT2D eigenvalue weighted by Crippen LogP contribution is -2.21. The minimum atomic E-state index is -0.527. The van der Waals surface area contributed by atoms with E-state index in [2.05, 4.69) is 4.98 Å². The van der Waals surface area contributed by atoms with E-state index in [1.165, 1.54) is 43.1 Å². The molecule has 0 N–H and O–H groups in total. The van der Waals surface area contributed by atoms with Crippen molar-refractivity contribution in [3.05, 3.63) is 46.3 Å². The maximum atomic E-state index is 13.3. The number of benzene rings is 1. The van der Waals surface area contributed by atoms with E-state index < -0.39 is 11.5 Å². The van der Waals surface area contributed by atoms with E-state index in [0.29, 0.717) is 5.75 Å². The van der Waals surface area contributed by atoms with Gasteiger partial charge in [-0.05, 0) is 18.2 Å². The van der Waals surface area contributed by atoms with Crippen molar-refractivity contribution in [2.75, 3.05) is 7.11 Å². The molecule has 96 valence electrons. The van der Waals surface area contributed by atoms with Crippen LogP contribution >= 0.6 is 0 Å². The Morgan fingerprint density at radius 1 is 1.47 bits per heavy atom. The van der Waals surface area contributed by atoms with Gasteiger partial charge in [-0.3, -0.25) is 0 Å². The first-order valence-electron chi connectivity index (χ1n) is 5.38. The number of rotatable bonds is 2. The van der Waals surface area contributed by atoms with Crippen LogP contribution in [0.2, 0.25) is 0 Å². The topological polar surface area (TPSA) is 67.9 Å². The Kier molecular flexibility index (Phi) is 3.29. The van der Waals surface area contributed by atoms with Gasteiger partial charge < -0.3 is 9.30 Å². The number of aromatic nitrogens is 2. The van der Waals surface area contributed by atoms with Gasteiger partial charge in [-0.25, -0.2) is 9.18 Å². The van der Waals surface area contributed by atoms with Crippen molar-refractivity contribution in [2.24, 2.45) is 7.05 Å². The zero-order valence-corrected chi connectivity index (χ0v) is 10.3. The summed E-state index contributed by atoms with van der Waals surface area (Å²) in [7, 11) is 2.91. The highest BCUT2D eigenvalue weighted by Gasteiger charge is 2.14. The van der Waals surface area contributed by atoms with Gasteiger partial charge in [0, 0.05) is 18.8 Å². The van der Waals surface area contributed by atoms with Crippen molar-refractivity contribution in [1.29, 1.82) is 5.26 Å². The zero-order chi connectivity index (χ0) is 14.0. The average Bonchev–Trinajstić information content (AvgIpc) is 2.41. The van der Waals surface area contributed by atoms with Crippen LogP contribution in [0.3, 0.4) is 0 Å². The summed E-state index contributed by atoms with van der Waals surface area (Å²) in [6.45, 7) is 0. The molecule has 0 saturated heterocycles. The number of nitriles is 1. The van der Waals surface area contributed by atoms with E-state index >= 15 is 0 Å². The largest absolute Gasteiger partial charge is 0.496 e. The van der Waals surface area contributed by atoms with Gasteiger partial charge in [-0.2, -0.15) is 10.2 Å². The molecule has 0 aliphatic carbocycles. The van der Waals surface area contributed by atoms with Crippen molar-refractivity contribution in [3.8, 4) is 23.1 Å². The fourth-order valence-electron chi connectivity index (χ4n) is 1.70. The van der Waals surface area contributed by atoms with E-state index in [9.17, 15) is 9.18 Å². The first kappa shape index (κ1) is 12.8. The zero-order valence-electron chi connectivity index (χ0n) is 10.3. The van der Waals surface area contributed by atoms with Gasteiger partial charge in [0.15, 0.2) is 0 Å². The van der Waals surface area contributed by atoms with Crippen LogP contribution in [-0.2, 0) is 7.05 Å². The van der Waals surface area contributed by atoms with Crippen LogP contribution in [0.4, 0.5) is 4.39 Å². The minimum absolute atomic E-state index is 0.113. The lowest BCUT2D eigenvalue weighted by Gasteiger charge is -2.09. The van der Waals surface area contributed by atoms with Crippen LogP contribution in [0.5, 0.6) is 5.75 Å². The average molecular weight is 259 g/mol. The molecule has 1 aromatic heterocycles. The minimum Gasteiger partial charge on any atom is -0.496 e. The summed E-state index contributed by atoms with van der Waals surface area (Å²) in [5.74, 6) is -0.152. The Balaban J connectivity index is 2.79. The molecule has 0 unspecified atom stereocenters. The van der Waals surface area contributed by atoms with Gasteiger partial charge >= 0.3 is 5.69 Å². The lowest BCUT2D eigenvalue weighted by atomic mass is 10.1. The van der Waals surface area contributed by atoms with E-state index in [0.717, 1.165) is 0 Å². The van der Waals surface area contributed by atoms with E-state index in [-0.39, 0.29) is 16.8 Å². The molecule has 0 saturated carbocycles. The molecule has 0 aliphatic rings. The molecule has 0 atom stereocenters. The van der Waals surface area contributed by atoms with Crippen molar-refractivity contribution in [1.82, 2.24) is 9.55 Å². The van der Waals surface area contributed by atoms with Crippen LogP contribution in [0.25, 0.3) is 11.3 Å². The van der Waals surface area contributed by atoms with Crippen LogP contribution in [0, 0.1) is 17.1 Å². The highest BCUT2D eigenvalue weighted by molar-refractivity contribution is 5.71. The number of hydrogen-bond acceptors (Lipinski definition) is 4. The predicted molar refractivity (Wildman–Crippen MR) is 66.1 cm³/mol. The number of methoxy groups -OCH3 is 1. The maximum Gasteiger partial charge on any atom is 0.347 e. The summed E-state index contributed by atoms with van der Waals surface area (Å²) in [5, 5.41) is 9.09. The van der Waals surface area contributed by atoms with Crippen molar-refractivity contribution in [3.63, 3.8) is 0 Å². The molecule has 2 aromatic rings. The summed E-state index contributed by atoms with van der Waals surface area (Å²) in [4.78, 5) is 15.4. The molecule has 0 amide bonds. The van der Waals surface area contributed by atoms with Crippen LogP contribution in [0.1, 0.15) is 5.56 Å². The second kappa shape index (κ2) is 4.90. The molecule has 1 heterocycles. The van der Waals surface area contributed by atoms with Gasteiger partial charge in [0.25, 0.3) is 0 Å². The summed E-state index contributed by atoms with van der Waals surface area (Å²) in [5.41, 5.74) is 0.0324. The quantitative estimate of drug-likeness (QED) is 0.819. The molecular weight excluding hydrogens is 249 g/mol. The maximum absolute atomic E-state index is 13.3. The van der Waals surface area contributed by atoms with Gasteiger partial charge in [0.2, 0.25) is 0 Å². The summed E-state index contributed by atoms with van der Waals surface area (Å²) < 4.78 is 19.6. The lowest BCUT2D eigenvalue weighted by molar-refractivity contribution is 0.415. The van der Waals surface area contributed by atoms with Crippen LogP contribution in [-0.4, -0.2) is 16.7 Å². The van der Waals surface area contributed by atoms with Crippen LogP contribution in [0.15, 0.2) is 29.2 Å². The molecule has 0 bridgehead atoms. The van der Waals surface area contributed by atoms with E-state index in [1.807, 2.05) is 6.07 Å². The van der Waals surface area contributed by atoms with Crippen molar-refractivity contribution in [2.45, 2.75) is 0 Å². The second-order valence-corrected chi connectivity index (χ2v) is 3.85. The highest BCUT2D eigenvalue weighted by atomic mass is 19.1. The summed E-state index contributed by atoms with van der Waals surface area (Å²) >= 11 is 0. The SMILES string of the molecule is COc1ccc(F)cc1-c1nc(=O)n(C)cc1C#N. The van der Waals surface area contributed by atoms with E-state index in [1.54, 1.807) is 0 Å². The molecule has 2 rings (SSSR count). The van der Waals surface area contributed by atoms with Gasteiger partial charge in [-0.15, -0.1) is 0 Å². The smallest absolute Gasteiger partial charge is 0.347 e. The second-order valence-electron chi connectivity index (χ2n) is 3.85. The van der Waals surface area contributed by atoms with Gasteiger partial charge in [0.1, 0.15) is 17.6 Å². The van der Waals surface area contributed by atoms with Crippen molar-refractivity contribution >= 4 is 0 Å². The fraction of sp³-hybridized carbons (Fsp3) is 0.154. The fourth-order valence-corrected chi connectivity index (χ4v) is 1.70. The first-order chi connectivity index (χ1) is 9.06. The van der Waals surface area contributed by atoms with E-state index in [4.69, 9.17) is 10.00 Å². The van der Waals surface area contributed by atoms with Crippen LogP contribution < -0.4 is 10.4 Å². The number of halogens is 1. The Labute approximate surface area is 108 Å². The molecule has 5 nitrogen and oxygen atoms in total. The molecular formula is C13H10FN3O2. The molecule has 19 heavy (non-hydrogen) atoms. The monoisotopic (exact) mass is 259 g/mol. The molecule has 6 heteroatoms. The third-order valence-electron chi connectivity index (χ3n) is 2.62. The highest BCUT2D eigenvalue weighted by Crippen LogP contribution is 2.30. The Morgan fingerprint density at radius 2 is 2.21 bits per heavy atom. The number of aryl methyl sites for hydroxylation is 1.